The van der Waals surface area contributed by atoms with Crippen molar-refractivity contribution in [3.63, 3.8) is 0 Å². The van der Waals surface area contributed by atoms with Crippen molar-refractivity contribution in [3.8, 4) is 11.3 Å². The van der Waals surface area contributed by atoms with Gasteiger partial charge in [-0.1, -0.05) is 35.0 Å². The Balaban J connectivity index is 2.14. The van der Waals surface area contributed by atoms with Gasteiger partial charge >= 0.3 is 0 Å². The standard InChI is InChI=1S/C13H11NO2/c1-8-2-4-9(5-3-8)13-12-10(15)6-7-11(12)16-14-13/h2-5H,6-7H2,1H3. The van der Waals surface area contributed by atoms with Crippen molar-refractivity contribution in [2.24, 2.45) is 0 Å². The molecule has 0 unspecified atom stereocenters. The normalized spacial score (nSPS) is 14.2. The molecule has 1 aromatic heterocycles. The van der Waals surface area contributed by atoms with Gasteiger partial charge in [0.2, 0.25) is 0 Å². The zero-order valence-corrected chi connectivity index (χ0v) is 8.99. The molecule has 0 fully saturated rings. The van der Waals surface area contributed by atoms with E-state index in [2.05, 4.69) is 5.16 Å². The highest BCUT2D eigenvalue weighted by molar-refractivity contribution is 6.04. The van der Waals surface area contributed by atoms with Gasteiger partial charge in [0.25, 0.3) is 0 Å². The van der Waals surface area contributed by atoms with Crippen LogP contribution in [0.3, 0.4) is 0 Å². The summed E-state index contributed by atoms with van der Waals surface area (Å²) in [6.07, 6.45) is 1.24. The van der Waals surface area contributed by atoms with Gasteiger partial charge in [-0.2, -0.15) is 0 Å². The van der Waals surface area contributed by atoms with Gasteiger partial charge < -0.3 is 4.52 Å². The number of hydrogen-bond donors (Lipinski definition) is 0. The van der Waals surface area contributed by atoms with Crippen LogP contribution in [0.1, 0.15) is 28.1 Å². The van der Waals surface area contributed by atoms with Gasteiger partial charge in [0, 0.05) is 18.4 Å². The summed E-state index contributed by atoms with van der Waals surface area (Å²) in [6, 6.07) is 7.96. The largest absolute Gasteiger partial charge is 0.360 e. The van der Waals surface area contributed by atoms with Gasteiger partial charge in [-0.05, 0) is 6.92 Å². The Labute approximate surface area is 93.1 Å². The number of fused-ring (bicyclic) bond motifs is 1. The number of carbonyl (C=O) groups excluding carboxylic acids is 1. The Morgan fingerprint density at radius 1 is 1.19 bits per heavy atom. The molecule has 0 saturated heterocycles. The van der Waals surface area contributed by atoms with Gasteiger partial charge in [-0.15, -0.1) is 0 Å². The minimum atomic E-state index is 0.145. The summed E-state index contributed by atoms with van der Waals surface area (Å²) in [4.78, 5) is 11.7. The summed E-state index contributed by atoms with van der Waals surface area (Å²) in [7, 11) is 0. The van der Waals surface area contributed by atoms with Gasteiger partial charge in [0.1, 0.15) is 11.5 Å². The van der Waals surface area contributed by atoms with Crippen LogP contribution in [-0.2, 0) is 6.42 Å². The van der Waals surface area contributed by atoms with Crippen molar-refractivity contribution >= 4 is 5.78 Å². The van der Waals surface area contributed by atoms with Crippen LogP contribution in [0.4, 0.5) is 0 Å². The maximum atomic E-state index is 11.7. The summed E-state index contributed by atoms with van der Waals surface area (Å²) in [5, 5.41) is 3.99. The Morgan fingerprint density at radius 2 is 1.94 bits per heavy atom. The molecule has 80 valence electrons. The SMILES string of the molecule is Cc1ccc(-c2noc3c2C(=O)CC3)cc1. The molecule has 1 aliphatic rings. The van der Waals surface area contributed by atoms with E-state index in [0.29, 0.717) is 24.1 Å². The third kappa shape index (κ3) is 1.28. The molecule has 0 radical (unpaired) electrons. The number of Topliss-reactive ketones (excluding diaryl/α,β-unsaturated/α-hetero) is 1. The fourth-order valence-electron chi connectivity index (χ4n) is 2.04. The number of aromatic nitrogens is 1. The van der Waals surface area contributed by atoms with Crippen LogP contribution in [0, 0.1) is 6.92 Å². The highest BCUT2D eigenvalue weighted by atomic mass is 16.5. The second-order valence-electron chi connectivity index (χ2n) is 4.12. The van der Waals surface area contributed by atoms with E-state index < -0.39 is 0 Å². The van der Waals surface area contributed by atoms with Gasteiger partial charge in [0.05, 0.1) is 5.56 Å². The van der Waals surface area contributed by atoms with Crippen molar-refractivity contribution in [3.05, 3.63) is 41.2 Å². The summed E-state index contributed by atoms with van der Waals surface area (Å²) in [6.45, 7) is 2.03. The molecule has 1 heterocycles. The van der Waals surface area contributed by atoms with E-state index in [1.165, 1.54) is 5.56 Å². The van der Waals surface area contributed by atoms with E-state index in [1.54, 1.807) is 0 Å². The van der Waals surface area contributed by atoms with Crippen molar-refractivity contribution < 1.29 is 9.32 Å². The maximum absolute atomic E-state index is 11.7. The fraction of sp³-hybridized carbons (Fsp3) is 0.231. The molecule has 2 aromatic rings. The molecule has 3 nitrogen and oxygen atoms in total. The Bertz CT molecular complexity index is 552. The van der Waals surface area contributed by atoms with Crippen LogP contribution in [-0.4, -0.2) is 10.9 Å². The Kier molecular flexibility index (Phi) is 1.93. The molecule has 0 saturated carbocycles. The number of nitrogens with zero attached hydrogens (tertiary/aromatic N) is 1. The number of rotatable bonds is 1. The first kappa shape index (κ1) is 9.33. The lowest BCUT2D eigenvalue weighted by Gasteiger charge is -1.98. The molecule has 0 aliphatic heterocycles. The van der Waals surface area contributed by atoms with E-state index in [1.807, 2.05) is 31.2 Å². The Morgan fingerprint density at radius 3 is 2.69 bits per heavy atom. The van der Waals surface area contributed by atoms with Gasteiger partial charge in [-0.25, -0.2) is 0 Å². The topological polar surface area (TPSA) is 43.1 Å². The smallest absolute Gasteiger partial charge is 0.169 e. The number of carbonyl (C=O) groups is 1. The molecule has 0 bridgehead atoms. The molecule has 1 aliphatic carbocycles. The first-order valence-electron chi connectivity index (χ1n) is 5.34. The number of ketones is 1. The lowest BCUT2D eigenvalue weighted by Crippen LogP contribution is -1.93. The van der Waals surface area contributed by atoms with Crippen LogP contribution in [0.25, 0.3) is 11.3 Å². The van der Waals surface area contributed by atoms with Crippen molar-refractivity contribution in [2.75, 3.05) is 0 Å². The average Bonchev–Trinajstić information content (AvgIpc) is 2.84. The second-order valence-corrected chi connectivity index (χ2v) is 4.12. The second kappa shape index (κ2) is 3.30. The summed E-state index contributed by atoms with van der Waals surface area (Å²) in [5.41, 5.74) is 3.52. The predicted octanol–water partition coefficient (Wildman–Crippen LogP) is 2.78. The lowest BCUT2D eigenvalue weighted by molar-refractivity contribution is 0.0995. The fourth-order valence-corrected chi connectivity index (χ4v) is 2.04. The molecule has 3 rings (SSSR count). The lowest BCUT2D eigenvalue weighted by atomic mass is 10.0. The first-order chi connectivity index (χ1) is 7.75. The Hall–Kier alpha value is -1.90. The summed E-state index contributed by atoms with van der Waals surface area (Å²) >= 11 is 0. The van der Waals surface area contributed by atoms with Crippen molar-refractivity contribution in [2.45, 2.75) is 19.8 Å². The zero-order chi connectivity index (χ0) is 11.1. The van der Waals surface area contributed by atoms with Crippen LogP contribution in [0.2, 0.25) is 0 Å². The van der Waals surface area contributed by atoms with Gasteiger partial charge in [-0.3, -0.25) is 4.79 Å². The summed E-state index contributed by atoms with van der Waals surface area (Å²) < 4.78 is 5.19. The molecule has 0 spiro atoms. The molecule has 0 N–H and O–H groups in total. The van der Waals surface area contributed by atoms with E-state index in [0.717, 1.165) is 11.3 Å². The zero-order valence-electron chi connectivity index (χ0n) is 8.99. The maximum Gasteiger partial charge on any atom is 0.169 e. The molecular weight excluding hydrogens is 202 g/mol. The first-order valence-corrected chi connectivity index (χ1v) is 5.34. The highest BCUT2D eigenvalue weighted by Crippen LogP contribution is 2.31. The number of aryl methyl sites for hydroxylation is 2. The molecule has 0 amide bonds. The van der Waals surface area contributed by atoms with E-state index in [4.69, 9.17) is 4.52 Å². The van der Waals surface area contributed by atoms with Crippen molar-refractivity contribution in [1.82, 2.24) is 5.16 Å². The third-order valence-corrected chi connectivity index (χ3v) is 2.95. The quantitative estimate of drug-likeness (QED) is 0.731. The highest BCUT2D eigenvalue weighted by Gasteiger charge is 2.29. The average molecular weight is 213 g/mol. The van der Waals surface area contributed by atoms with Crippen molar-refractivity contribution in [1.29, 1.82) is 0 Å². The molecule has 16 heavy (non-hydrogen) atoms. The minimum Gasteiger partial charge on any atom is -0.360 e. The third-order valence-electron chi connectivity index (χ3n) is 2.95. The number of hydrogen-bond acceptors (Lipinski definition) is 3. The van der Waals surface area contributed by atoms with E-state index >= 15 is 0 Å². The van der Waals surface area contributed by atoms with Crippen LogP contribution in [0.5, 0.6) is 0 Å². The van der Waals surface area contributed by atoms with E-state index in [-0.39, 0.29) is 5.78 Å². The summed E-state index contributed by atoms with van der Waals surface area (Å²) in [5.74, 6) is 0.882. The van der Waals surface area contributed by atoms with Gasteiger partial charge in [0.15, 0.2) is 5.78 Å². The number of benzene rings is 1. The molecule has 3 heteroatoms. The van der Waals surface area contributed by atoms with E-state index in [9.17, 15) is 4.79 Å². The van der Waals surface area contributed by atoms with Crippen LogP contribution in [0.15, 0.2) is 28.8 Å². The van der Waals surface area contributed by atoms with Crippen LogP contribution >= 0.6 is 0 Å². The predicted molar refractivity (Wildman–Crippen MR) is 59.3 cm³/mol. The van der Waals surface area contributed by atoms with Crippen LogP contribution < -0.4 is 0 Å². The monoisotopic (exact) mass is 213 g/mol. The minimum absolute atomic E-state index is 0.145. The molecular formula is C13H11NO2. The molecule has 0 atom stereocenters. The molecule has 1 aromatic carbocycles.